The average Bonchev–Trinajstić information content (AvgIpc) is 2.14. The lowest BCUT2D eigenvalue weighted by atomic mass is 10.1. The molecule has 0 saturated carbocycles. The topological polar surface area (TPSA) is 37.3 Å². The average molecular weight is 220 g/mol. The van der Waals surface area contributed by atoms with E-state index in [1.807, 2.05) is 23.5 Å². The van der Waals surface area contributed by atoms with Gasteiger partial charge >= 0.3 is 5.97 Å². The molecule has 0 aromatic carbocycles. The Morgan fingerprint density at radius 2 is 2.31 bits per heavy atom. The van der Waals surface area contributed by atoms with Crippen molar-refractivity contribution < 1.29 is 9.90 Å². The molecule has 0 spiro atoms. The molecule has 1 N–H and O–H groups in total. The molecule has 1 aliphatic rings. The molecule has 0 radical (unpaired) electrons. The maximum absolute atomic E-state index is 10.2. The van der Waals surface area contributed by atoms with Crippen LogP contribution in [0.15, 0.2) is 0 Å². The van der Waals surface area contributed by atoms with Gasteiger partial charge in [-0.3, -0.25) is 4.79 Å². The molecule has 76 valence electrons. The summed E-state index contributed by atoms with van der Waals surface area (Å²) in [6.07, 6.45) is 4.78. The zero-order valence-corrected chi connectivity index (χ0v) is 9.33. The molecule has 1 atom stereocenters. The Morgan fingerprint density at radius 1 is 1.46 bits per heavy atom. The number of rotatable bonds is 5. The molecule has 13 heavy (non-hydrogen) atoms. The van der Waals surface area contributed by atoms with E-state index in [9.17, 15) is 4.79 Å². The molecule has 2 nitrogen and oxygen atoms in total. The van der Waals surface area contributed by atoms with Gasteiger partial charge in [0.05, 0.1) is 0 Å². The molecule has 1 aliphatic heterocycles. The van der Waals surface area contributed by atoms with E-state index in [4.69, 9.17) is 5.11 Å². The lowest BCUT2D eigenvalue weighted by Gasteiger charge is -2.20. The van der Waals surface area contributed by atoms with Crippen LogP contribution in [0.5, 0.6) is 0 Å². The molecule has 4 heteroatoms. The van der Waals surface area contributed by atoms with Crippen molar-refractivity contribution >= 4 is 29.5 Å². The van der Waals surface area contributed by atoms with Crippen molar-refractivity contribution in [2.45, 2.75) is 37.4 Å². The number of aliphatic carboxylic acids is 1. The minimum Gasteiger partial charge on any atom is -0.481 e. The lowest BCUT2D eigenvalue weighted by Crippen LogP contribution is -2.09. The molecular weight excluding hydrogens is 204 g/mol. The fourth-order valence-corrected chi connectivity index (χ4v) is 4.22. The Labute approximate surface area is 87.9 Å². The van der Waals surface area contributed by atoms with E-state index in [0.29, 0.717) is 6.42 Å². The van der Waals surface area contributed by atoms with Gasteiger partial charge in [0.2, 0.25) is 0 Å². The van der Waals surface area contributed by atoms with Crippen molar-refractivity contribution in [3.05, 3.63) is 0 Å². The van der Waals surface area contributed by atoms with Gasteiger partial charge in [0.25, 0.3) is 0 Å². The second-order valence-electron chi connectivity index (χ2n) is 3.24. The lowest BCUT2D eigenvalue weighted by molar-refractivity contribution is -0.137. The van der Waals surface area contributed by atoms with Crippen LogP contribution in [-0.2, 0) is 4.79 Å². The summed E-state index contributed by atoms with van der Waals surface area (Å²) in [5.41, 5.74) is 0. The van der Waals surface area contributed by atoms with E-state index in [1.165, 1.54) is 23.7 Å². The maximum Gasteiger partial charge on any atom is 0.303 e. The molecular formula is C9H16O2S2. The summed E-state index contributed by atoms with van der Waals surface area (Å²) < 4.78 is 0. The number of unbranched alkanes of at least 4 members (excludes halogenated alkanes) is 1. The number of carboxylic acids is 1. The van der Waals surface area contributed by atoms with E-state index in [2.05, 4.69) is 0 Å². The quantitative estimate of drug-likeness (QED) is 0.723. The summed E-state index contributed by atoms with van der Waals surface area (Å²) >= 11 is 4.05. The zero-order valence-electron chi connectivity index (χ0n) is 7.70. The molecule has 1 saturated heterocycles. The Bertz CT molecular complexity index is 156. The van der Waals surface area contributed by atoms with Crippen LogP contribution in [0.25, 0.3) is 0 Å². The second-order valence-corrected chi connectivity index (χ2v) is 6.00. The van der Waals surface area contributed by atoms with Crippen LogP contribution in [0.2, 0.25) is 0 Å². The summed E-state index contributed by atoms with van der Waals surface area (Å²) in [4.78, 5) is 10.2. The second kappa shape index (κ2) is 6.60. The molecule has 0 aromatic rings. The van der Waals surface area contributed by atoms with E-state index in [1.54, 1.807) is 0 Å². The van der Waals surface area contributed by atoms with Crippen LogP contribution >= 0.6 is 23.5 Å². The Balaban J connectivity index is 1.95. The summed E-state index contributed by atoms with van der Waals surface area (Å²) in [6, 6.07) is 0. The number of hydrogen-bond donors (Lipinski definition) is 1. The number of thioether (sulfide) groups is 2. The van der Waals surface area contributed by atoms with Crippen molar-refractivity contribution in [1.29, 1.82) is 0 Å². The molecule has 0 bridgehead atoms. The van der Waals surface area contributed by atoms with Gasteiger partial charge in [0.15, 0.2) is 0 Å². The zero-order chi connectivity index (χ0) is 9.52. The standard InChI is InChI=1S/C9H16O2S2/c10-9(11)4-2-1-3-8-5-6-12-7-13-8/h8H,1-7H2,(H,10,11)/t8-/m1/s1. The van der Waals surface area contributed by atoms with E-state index in [-0.39, 0.29) is 0 Å². The molecule has 0 amide bonds. The highest BCUT2D eigenvalue weighted by molar-refractivity contribution is 8.16. The first-order valence-corrected chi connectivity index (χ1v) is 6.90. The first-order valence-electron chi connectivity index (χ1n) is 4.70. The first-order chi connectivity index (χ1) is 6.29. The first kappa shape index (κ1) is 11.2. The summed E-state index contributed by atoms with van der Waals surface area (Å²) in [6.45, 7) is 0. The minimum atomic E-state index is -0.660. The van der Waals surface area contributed by atoms with Crippen LogP contribution < -0.4 is 0 Å². The molecule has 0 aromatic heterocycles. The van der Waals surface area contributed by atoms with Gasteiger partial charge in [0.1, 0.15) is 0 Å². The minimum absolute atomic E-state index is 0.339. The van der Waals surface area contributed by atoms with E-state index in [0.717, 1.165) is 18.1 Å². The third-order valence-corrected chi connectivity index (χ3v) is 4.82. The van der Waals surface area contributed by atoms with Gasteiger partial charge in [-0.1, -0.05) is 6.42 Å². The third-order valence-electron chi connectivity index (χ3n) is 2.14. The highest BCUT2D eigenvalue weighted by Crippen LogP contribution is 2.31. The number of carbonyl (C=O) groups is 1. The van der Waals surface area contributed by atoms with Gasteiger partial charge in [0, 0.05) is 16.8 Å². The van der Waals surface area contributed by atoms with Crippen LogP contribution in [0.4, 0.5) is 0 Å². The van der Waals surface area contributed by atoms with Gasteiger partial charge in [-0.25, -0.2) is 0 Å². The highest BCUT2D eigenvalue weighted by atomic mass is 32.2. The summed E-state index contributed by atoms with van der Waals surface area (Å²) in [5.74, 6) is 0.628. The normalized spacial score (nSPS) is 22.9. The summed E-state index contributed by atoms with van der Waals surface area (Å²) in [5, 5.41) is 10.5. The fraction of sp³-hybridized carbons (Fsp3) is 0.889. The predicted molar refractivity (Wildman–Crippen MR) is 59.4 cm³/mol. The number of hydrogen-bond acceptors (Lipinski definition) is 3. The van der Waals surface area contributed by atoms with Gasteiger partial charge in [-0.2, -0.15) is 11.8 Å². The van der Waals surface area contributed by atoms with E-state index < -0.39 is 5.97 Å². The Kier molecular flexibility index (Phi) is 5.71. The van der Waals surface area contributed by atoms with Crippen molar-refractivity contribution in [3.63, 3.8) is 0 Å². The monoisotopic (exact) mass is 220 g/mol. The molecule has 0 aliphatic carbocycles. The van der Waals surface area contributed by atoms with Gasteiger partial charge in [-0.15, -0.1) is 11.8 Å². The molecule has 1 fully saturated rings. The van der Waals surface area contributed by atoms with Crippen molar-refractivity contribution in [1.82, 2.24) is 0 Å². The Morgan fingerprint density at radius 3 is 2.92 bits per heavy atom. The van der Waals surface area contributed by atoms with Crippen molar-refractivity contribution in [3.8, 4) is 0 Å². The van der Waals surface area contributed by atoms with Crippen molar-refractivity contribution in [2.75, 3.05) is 10.8 Å². The van der Waals surface area contributed by atoms with Gasteiger partial charge < -0.3 is 5.11 Å². The SMILES string of the molecule is O=C(O)CCCC[C@@H]1CCSCS1. The fourth-order valence-electron chi connectivity index (χ4n) is 1.38. The highest BCUT2D eigenvalue weighted by Gasteiger charge is 2.13. The van der Waals surface area contributed by atoms with Crippen LogP contribution in [0.1, 0.15) is 32.1 Å². The largest absolute Gasteiger partial charge is 0.481 e. The predicted octanol–water partition coefficient (Wildman–Crippen LogP) is 2.83. The number of carboxylic acid groups (broad SMARTS) is 1. The van der Waals surface area contributed by atoms with E-state index >= 15 is 0 Å². The third kappa shape index (κ3) is 5.47. The van der Waals surface area contributed by atoms with Gasteiger partial charge in [-0.05, 0) is 25.0 Å². The Hall–Kier alpha value is 0.170. The van der Waals surface area contributed by atoms with Crippen LogP contribution in [0.3, 0.4) is 0 Å². The van der Waals surface area contributed by atoms with Crippen molar-refractivity contribution in [2.24, 2.45) is 0 Å². The molecule has 1 rings (SSSR count). The molecule has 0 unspecified atom stereocenters. The maximum atomic E-state index is 10.2. The molecule has 1 heterocycles. The summed E-state index contributed by atoms with van der Waals surface area (Å²) in [7, 11) is 0. The smallest absolute Gasteiger partial charge is 0.303 e. The van der Waals surface area contributed by atoms with Crippen LogP contribution in [-0.4, -0.2) is 27.2 Å². The van der Waals surface area contributed by atoms with Crippen LogP contribution in [0, 0.1) is 0 Å².